The molecule has 0 spiro atoms. The second-order valence-electron chi connectivity index (χ2n) is 11.8. The number of carbonyl (C=O) groups is 3. The van der Waals surface area contributed by atoms with Gasteiger partial charge in [0.25, 0.3) is 5.91 Å². The van der Waals surface area contributed by atoms with Gasteiger partial charge in [-0.1, -0.05) is 55.0 Å². The van der Waals surface area contributed by atoms with Gasteiger partial charge in [0, 0.05) is 22.7 Å². The molecule has 10 nitrogen and oxygen atoms in total. The minimum Gasteiger partial charge on any atom is -0.442 e. The number of nitrogens with one attached hydrogen (secondary N) is 3. The van der Waals surface area contributed by atoms with Crippen LogP contribution in [0, 0.1) is 0 Å². The number of fused-ring (bicyclic) bond motifs is 1. The van der Waals surface area contributed by atoms with E-state index in [-0.39, 0.29) is 29.8 Å². The fourth-order valence-electron chi connectivity index (χ4n) is 5.39. The number of likely N-dealkylation sites (N-methyl/N-ethyl adjacent to an activating group) is 1. The van der Waals surface area contributed by atoms with Crippen LogP contribution in [0.2, 0.25) is 0 Å². The number of likely N-dealkylation sites (tertiary alicyclic amines) is 1. The number of hydrogen-bond acceptors (Lipinski definition) is 6. The Kier molecular flexibility index (Phi) is 8.77. The molecule has 4 aromatic rings. The van der Waals surface area contributed by atoms with Crippen LogP contribution in [0.5, 0.6) is 0 Å². The van der Waals surface area contributed by atoms with Gasteiger partial charge in [-0.15, -0.1) is 5.10 Å². The topological polar surface area (TPSA) is 118 Å². The van der Waals surface area contributed by atoms with E-state index in [1.807, 2.05) is 36.4 Å². The van der Waals surface area contributed by atoms with E-state index in [2.05, 4.69) is 33.0 Å². The van der Waals surface area contributed by atoms with Crippen LogP contribution in [0.15, 0.2) is 78.9 Å². The lowest BCUT2D eigenvalue weighted by atomic mass is 9.91. The summed E-state index contributed by atoms with van der Waals surface area (Å²) in [4.78, 5) is 41.7. The van der Waals surface area contributed by atoms with Gasteiger partial charge >= 0.3 is 12.1 Å². The normalized spacial score (nSPS) is 16.3. The van der Waals surface area contributed by atoms with E-state index < -0.39 is 11.7 Å². The summed E-state index contributed by atoms with van der Waals surface area (Å²) in [6.07, 6.45) is 2.55. The number of aromatic nitrogens is 2. The molecule has 0 saturated carbocycles. The highest BCUT2D eigenvalue weighted by Gasteiger charge is 2.30. The molecule has 3 aromatic carbocycles. The van der Waals surface area contributed by atoms with E-state index in [1.54, 1.807) is 63.2 Å². The summed E-state index contributed by atoms with van der Waals surface area (Å²) in [6.45, 7) is 6.28. The summed E-state index contributed by atoms with van der Waals surface area (Å²) in [5.74, 6) is -0.209. The fourth-order valence-corrected chi connectivity index (χ4v) is 5.39. The number of benzene rings is 3. The first kappa shape index (κ1) is 29.8. The molecule has 2 unspecified atom stereocenters. The molecule has 224 valence electrons. The molecular formula is C33H38N6O4. The second kappa shape index (κ2) is 12.7. The fraction of sp³-hybridized carbons (Fsp3) is 0.333. The number of urea groups is 1. The lowest BCUT2D eigenvalue weighted by molar-refractivity contribution is 0.0522. The highest BCUT2D eigenvalue weighted by atomic mass is 16.6. The molecule has 2 heterocycles. The van der Waals surface area contributed by atoms with Crippen molar-refractivity contribution in [3.63, 3.8) is 0 Å². The van der Waals surface area contributed by atoms with Crippen molar-refractivity contribution in [2.24, 2.45) is 0 Å². The third-order valence-corrected chi connectivity index (χ3v) is 7.43. The minimum absolute atomic E-state index is 0.163. The number of hydrogen-bond donors (Lipinski definition) is 3. The van der Waals surface area contributed by atoms with Gasteiger partial charge in [-0.25, -0.2) is 9.59 Å². The first-order chi connectivity index (χ1) is 20.6. The maximum atomic E-state index is 13.4. The Morgan fingerprint density at radius 3 is 2.30 bits per heavy atom. The maximum Gasteiger partial charge on any atom is 0.435 e. The summed E-state index contributed by atoms with van der Waals surface area (Å²) < 4.78 is 6.67. The maximum absolute atomic E-state index is 13.4. The molecule has 1 aliphatic rings. The number of nitrogens with zero attached hydrogens (tertiary/aromatic N) is 3. The number of rotatable bonds is 6. The van der Waals surface area contributed by atoms with Gasteiger partial charge in [0.05, 0.1) is 11.6 Å². The number of anilines is 2. The van der Waals surface area contributed by atoms with Gasteiger partial charge in [0.2, 0.25) is 0 Å². The third kappa shape index (κ3) is 7.21. The van der Waals surface area contributed by atoms with E-state index in [0.29, 0.717) is 22.2 Å². The molecule has 0 radical (unpaired) electrons. The molecule has 0 aliphatic carbocycles. The predicted octanol–water partition coefficient (Wildman–Crippen LogP) is 6.42. The third-order valence-electron chi connectivity index (χ3n) is 7.43. The summed E-state index contributed by atoms with van der Waals surface area (Å²) in [5.41, 5.74) is 1.64. The zero-order chi connectivity index (χ0) is 30.6. The first-order valence-corrected chi connectivity index (χ1v) is 14.5. The van der Waals surface area contributed by atoms with E-state index >= 15 is 0 Å². The molecule has 10 heteroatoms. The Balaban J connectivity index is 1.43. The Labute approximate surface area is 251 Å². The van der Waals surface area contributed by atoms with Crippen LogP contribution >= 0.6 is 0 Å². The van der Waals surface area contributed by atoms with Crippen LogP contribution in [0.3, 0.4) is 0 Å². The Morgan fingerprint density at radius 2 is 1.63 bits per heavy atom. The van der Waals surface area contributed by atoms with Crippen LogP contribution < -0.4 is 16.0 Å². The molecule has 1 aliphatic heterocycles. The zero-order valence-corrected chi connectivity index (χ0v) is 25.0. The summed E-state index contributed by atoms with van der Waals surface area (Å²) >= 11 is 0. The van der Waals surface area contributed by atoms with Crippen LogP contribution in [-0.4, -0.2) is 57.9 Å². The molecule has 43 heavy (non-hydrogen) atoms. The van der Waals surface area contributed by atoms with Crippen molar-refractivity contribution in [1.29, 1.82) is 0 Å². The van der Waals surface area contributed by atoms with Crippen LogP contribution in [-0.2, 0) is 4.74 Å². The molecule has 3 amide bonds. The highest BCUT2D eigenvalue weighted by Crippen LogP contribution is 2.30. The molecular weight excluding hydrogens is 544 g/mol. The van der Waals surface area contributed by atoms with Gasteiger partial charge in [0.1, 0.15) is 5.60 Å². The first-order valence-electron chi connectivity index (χ1n) is 14.5. The Bertz CT molecular complexity index is 1600. The quantitative estimate of drug-likeness (QED) is 0.242. The molecule has 2 atom stereocenters. The molecule has 3 N–H and O–H groups in total. The van der Waals surface area contributed by atoms with Gasteiger partial charge < -0.3 is 25.6 Å². The van der Waals surface area contributed by atoms with E-state index in [1.165, 1.54) is 0 Å². The van der Waals surface area contributed by atoms with Crippen molar-refractivity contribution in [3.8, 4) is 0 Å². The van der Waals surface area contributed by atoms with Crippen molar-refractivity contribution in [2.45, 2.75) is 57.7 Å². The monoisotopic (exact) mass is 582 g/mol. The molecule has 1 saturated heterocycles. The number of piperidine rings is 1. The van der Waals surface area contributed by atoms with Crippen molar-refractivity contribution in [3.05, 3.63) is 90.0 Å². The SMILES string of the molecule is CN1CCCCC1C(NC(=O)Nc1ccc2c(c1)c(NC(=O)c1ccccc1)nn2C(=O)OC(C)(C)C)c1ccccc1. The molecule has 1 aromatic heterocycles. The van der Waals surface area contributed by atoms with Crippen molar-refractivity contribution in [1.82, 2.24) is 20.0 Å². The largest absolute Gasteiger partial charge is 0.442 e. The zero-order valence-electron chi connectivity index (χ0n) is 25.0. The van der Waals surface area contributed by atoms with Crippen LogP contribution in [0.4, 0.5) is 21.1 Å². The standard InChI is InChI=1S/C33H38N6O4/c1-33(2,3)43-32(42)39-26-19-18-24(21-25(26)29(37-39)36-30(40)23-15-9-6-10-16-23)34-31(41)35-28(22-13-7-5-8-14-22)27-17-11-12-20-38(27)4/h5-10,13-16,18-19,21,27-28H,11-12,17,20H2,1-4H3,(H2,34,35,41)(H,36,37,40). The molecule has 5 rings (SSSR count). The molecule has 0 bridgehead atoms. The summed E-state index contributed by atoms with van der Waals surface area (Å²) in [7, 11) is 2.10. The Morgan fingerprint density at radius 1 is 0.930 bits per heavy atom. The van der Waals surface area contributed by atoms with Crippen LogP contribution in [0.1, 0.15) is 62.0 Å². The minimum atomic E-state index is -0.746. The van der Waals surface area contributed by atoms with Gasteiger partial charge in [0.15, 0.2) is 5.82 Å². The number of ether oxygens (including phenoxy) is 1. The van der Waals surface area contributed by atoms with Gasteiger partial charge in [-0.05, 0) is 83.1 Å². The van der Waals surface area contributed by atoms with E-state index in [9.17, 15) is 14.4 Å². The average Bonchev–Trinajstić information content (AvgIpc) is 3.34. The van der Waals surface area contributed by atoms with Crippen LogP contribution in [0.25, 0.3) is 10.9 Å². The lowest BCUT2D eigenvalue weighted by Gasteiger charge is -2.38. The average molecular weight is 583 g/mol. The smallest absolute Gasteiger partial charge is 0.435 e. The van der Waals surface area contributed by atoms with Gasteiger partial charge in [-0.3, -0.25) is 4.79 Å². The number of carbonyl (C=O) groups excluding carboxylic acids is 3. The predicted molar refractivity (Wildman–Crippen MR) is 167 cm³/mol. The van der Waals surface area contributed by atoms with Crippen molar-refractivity contribution >= 4 is 40.4 Å². The summed E-state index contributed by atoms with van der Waals surface area (Å²) in [5, 5.41) is 13.8. The lowest BCUT2D eigenvalue weighted by Crippen LogP contribution is -2.47. The highest BCUT2D eigenvalue weighted by molar-refractivity contribution is 6.09. The van der Waals surface area contributed by atoms with Crippen molar-refractivity contribution < 1.29 is 19.1 Å². The van der Waals surface area contributed by atoms with Crippen molar-refractivity contribution in [2.75, 3.05) is 24.2 Å². The second-order valence-corrected chi connectivity index (χ2v) is 11.8. The van der Waals surface area contributed by atoms with Gasteiger partial charge in [-0.2, -0.15) is 4.68 Å². The van der Waals surface area contributed by atoms with E-state index in [0.717, 1.165) is 36.1 Å². The Hall–Kier alpha value is -4.70. The number of amides is 3. The summed E-state index contributed by atoms with van der Waals surface area (Å²) in [6, 6.07) is 23.4. The van der Waals surface area contributed by atoms with E-state index in [4.69, 9.17) is 4.74 Å². The molecule has 1 fully saturated rings.